The topological polar surface area (TPSA) is 80.3 Å². The van der Waals surface area contributed by atoms with Crippen molar-refractivity contribution in [2.45, 2.75) is 26.3 Å². The number of guanidine groups is 1. The van der Waals surface area contributed by atoms with E-state index in [1.165, 1.54) is 0 Å². The van der Waals surface area contributed by atoms with Gasteiger partial charge in [0.15, 0.2) is 0 Å². The molecule has 0 saturated carbocycles. The van der Waals surface area contributed by atoms with E-state index < -0.39 is 0 Å². The molecule has 0 aromatic carbocycles. The van der Waals surface area contributed by atoms with Crippen molar-refractivity contribution in [3.8, 4) is 0 Å². The fraction of sp³-hybridized carbons (Fsp3) is 0.600. The van der Waals surface area contributed by atoms with Crippen molar-refractivity contribution in [3.63, 3.8) is 0 Å². The molecule has 90 valence electrons. The molecule has 6 nitrogen and oxygen atoms in total. The Kier molecular flexibility index (Phi) is 4.78. The van der Waals surface area contributed by atoms with Gasteiger partial charge in [0.05, 0.1) is 0 Å². The number of nitrogens with two attached hydrogens (primary N) is 1. The molecule has 0 aliphatic rings. The van der Waals surface area contributed by atoms with Crippen LogP contribution in [0.4, 0.5) is 0 Å². The van der Waals surface area contributed by atoms with Crippen molar-refractivity contribution < 1.29 is 0 Å². The highest BCUT2D eigenvalue weighted by Crippen LogP contribution is 1.95. The Morgan fingerprint density at radius 2 is 2.38 bits per heavy atom. The van der Waals surface area contributed by atoms with E-state index in [1.807, 2.05) is 31.7 Å². The minimum atomic E-state index is 0.308. The van der Waals surface area contributed by atoms with Gasteiger partial charge in [-0.15, -0.1) is 0 Å². The first-order valence-electron chi connectivity index (χ1n) is 5.37. The van der Waals surface area contributed by atoms with Gasteiger partial charge in [0, 0.05) is 38.4 Å². The third-order valence-corrected chi connectivity index (χ3v) is 2.09. The number of rotatable bonds is 4. The Labute approximate surface area is 95.9 Å². The third kappa shape index (κ3) is 3.90. The summed E-state index contributed by atoms with van der Waals surface area (Å²) >= 11 is 0. The van der Waals surface area contributed by atoms with Gasteiger partial charge in [-0.1, -0.05) is 0 Å². The molecule has 0 aliphatic heterocycles. The van der Waals surface area contributed by atoms with Gasteiger partial charge in [-0.3, -0.25) is 10.4 Å². The predicted octanol–water partition coefficient (Wildman–Crippen LogP) is -0.220. The Morgan fingerprint density at radius 1 is 1.62 bits per heavy atom. The lowest BCUT2D eigenvalue weighted by molar-refractivity contribution is 0.698. The molecule has 1 rings (SSSR count). The predicted molar refractivity (Wildman–Crippen MR) is 64.8 cm³/mol. The molecule has 16 heavy (non-hydrogen) atoms. The van der Waals surface area contributed by atoms with Crippen molar-refractivity contribution in [2.24, 2.45) is 17.9 Å². The van der Waals surface area contributed by atoms with Crippen LogP contribution in [-0.4, -0.2) is 28.1 Å². The van der Waals surface area contributed by atoms with E-state index in [2.05, 4.69) is 20.7 Å². The minimum Gasteiger partial charge on any atom is -0.353 e. The van der Waals surface area contributed by atoms with Crippen LogP contribution in [0.1, 0.15) is 19.7 Å². The molecule has 4 N–H and O–H groups in total. The first-order valence-corrected chi connectivity index (χ1v) is 5.37. The molecule has 0 bridgehead atoms. The van der Waals surface area contributed by atoms with Gasteiger partial charge < -0.3 is 9.88 Å². The summed E-state index contributed by atoms with van der Waals surface area (Å²) < 4.78 is 1.99. The SMILES string of the molecule is CC(C)NC(=NCCc1nccn1C)NN. The Bertz CT molecular complexity index is 341. The number of hydrogen-bond donors (Lipinski definition) is 3. The monoisotopic (exact) mass is 224 g/mol. The van der Waals surface area contributed by atoms with Gasteiger partial charge in [-0.2, -0.15) is 0 Å². The summed E-state index contributed by atoms with van der Waals surface area (Å²) in [6.07, 6.45) is 4.51. The fourth-order valence-electron chi connectivity index (χ4n) is 1.31. The van der Waals surface area contributed by atoms with Crippen molar-refractivity contribution in [1.29, 1.82) is 0 Å². The van der Waals surface area contributed by atoms with Crippen molar-refractivity contribution >= 4 is 5.96 Å². The van der Waals surface area contributed by atoms with Crippen LogP contribution in [0.2, 0.25) is 0 Å². The molecule has 0 radical (unpaired) electrons. The summed E-state index contributed by atoms with van der Waals surface area (Å²) in [5, 5.41) is 3.11. The highest BCUT2D eigenvalue weighted by molar-refractivity contribution is 5.79. The van der Waals surface area contributed by atoms with E-state index in [1.54, 1.807) is 6.20 Å². The summed E-state index contributed by atoms with van der Waals surface area (Å²) in [5.74, 6) is 6.98. The number of aromatic nitrogens is 2. The largest absolute Gasteiger partial charge is 0.353 e. The molecule has 0 fully saturated rings. The van der Waals surface area contributed by atoms with Crippen molar-refractivity contribution in [1.82, 2.24) is 20.3 Å². The Hall–Kier alpha value is -1.56. The molecule has 0 atom stereocenters. The minimum absolute atomic E-state index is 0.308. The van der Waals surface area contributed by atoms with Crippen molar-refractivity contribution in [2.75, 3.05) is 6.54 Å². The number of imidazole rings is 1. The average molecular weight is 224 g/mol. The zero-order valence-electron chi connectivity index (χ0n) is 10.1. The first kappa shape index (κ1) is 12.5. The summed E-state index contributed by atoms with van der Waals surface area (Å²) in [6.45, 7) is 4.72. The highest BCUT2D eigenvalue weighted by Gasteiger charge is 2.00. The molecule has 6 heteroatoms. The van der Waals surface area contributed by atoms with Crippen LogP contribution in [-0.2, 0) is 13.5 Å². The Balaban J connectivity index is 2.43. The van der Waals surface area contributed by atoms with Crippen LogP contribution in [0.25, 0.3) is 0 Å². The molecule has 0 amide bonds. The van der Waals surface area contributed by atoms with Gasteiger partial charge >= 0.3 is 0 Å². The van der Waals surface area contributed by atoms with E-state index >= 15 is 0 Å². The van der Waals surface area contributed by atoms with Gasteiger partial charge in [-0.05, 0) is 13.8 Å². The molecule has 1 heterocycles. The van der Waals surface area contributed by atoms with Crippen LogP contribution in [0.15, 0.2) is 17.4 Å². The second-order valence-corrected chi connectivity index (χ2v) is 3.88. The van der Waals surface area contributed by atoms with Gasteiger partial charge in [0.2, 0.25) is 5.96 Å². The molecule has 0 saturated heterocycles. The number of aliphatic imine (C=N–C) groups is 1. The van der Waals surface area contributed by atoms with E-state index in [0.717, 1.165) is 12.2 Å². The van der Waals surface area contributed by atoms with E-state index in [9.17, 15) is 0 Å². The highest BCUT2D eigenvalue weighted by atomic mass is 15.3. The summed E-state index contributed by atoms with van der Waals surface area (Å²) in [4.78, 5) is 8.54. The van der Waals surface area contributed by atoms with Crippen LogP contribution < -0.4 is 16.6 Å². The normalized spacial score (nSPS) is 11.9. The molecule has 1 aromatic heterocycles. The zero-order chi connectivity index (χ0) is 12.0. The van der Waals surface area contributed by atoms with E-state index in [0.29, 0.717) is 18.5 Å². The third-order valence-electron chi connectivity index (χ3n) is 2.09. The first-order chi connectivity index (χ1) is 7.63. The van der Waals surface area contributed by atoms with Crippen LogP contribution in [0, 0.1) is 0 Å². The lowest BCUT2D eigenvalue weighted by Crippen LogP contribution is -2.44. The van der Waals surface area contributed by atoms with E-state index in [4.69, 9.17) is 5.84 Å². The number of nitrogens with one attached hydrogen (secondary N) is 2. The lowest BCUT2D eigenvalue weighted by Gasteiger charge is -2.11. The number of aryl methyl sites for hydroxylation is 1. The summed E-state index contributed by atoms with van der Waals surface area (Å²) in [5.41, 5.74) is 2.54. The van der Waals surface area contributed by atoms with Crippen LogP contribution in [0.5, 0.6) is 0 Å². The maximum absolute atomic E-state index is 5.35. The standard InChI is InChI=1S/C10H20N6/c1-8(2)14-10(15-11)13-5-4-9-12-6-7-16(9)3/h6-8H,4-5,11H2,1-3H3,(H2,13,14,15). The second-order valence-electron chi connectivity index (χ2n) is 3.88. The lowest BCUT2D eigenvalue weighted by atomic mass is 10.4. The summed E-state index contributed by atoms with van der Waals surface area (Å²) in [6, 6.07) is 0.308. The molecule has 0 aliphatic carbocycles. The van der Waals surface area contributed by atoms with Crippen LogP contribution in [0.3, 0.4) is 0 Å². The quantitative estimate of drug-likeness (QED) is 0.286. The molecule has 1 aromatic rings. The van der Waals surface area contributed by atoms with Gasteiger partial charge in [0.25, 0.3) is 0 Å². The smallest absolute Gasteiger partial charge is 0.205 e. The molecule has 0 unspecified atom stereocenters. The summed E-state index contributed by atoms with van der Waals surface area (Å²) in [7, 11) is 1.97. The average Bonchev–Trinajstić information content (AvgIpc) is 2.62. The Morgan fingerprint density at radius 3 is 2.88 bits per heavy atom. The number of nitrogens with zero attached hydrogens (tertiary/aromatic N) is 3. The van der Waals surface area contributed by atoms with Crippen molar-refractivity contribution in [3.05, 3.63) is 18.2 Å². The van der Waals surface area contributed by atoms with Gasteiger partial charge in [0.1, 0.15) is 5.82 Å². The maximum atomic E-state index is 5.35. The van der Waals surface area contributed by atoms with E-state index in [-0.39, 0.29) is 0 Å². The molecular formula is C10H20N6. The number of hydrazine groups is 1. The zero-order valence-corrected chi connectivity index (χ0v) is 10.1. The maximum Gasteiger partial charge on any atom is 0.205 e. The van der Waals surface area contributed by atoms with Gasteiger partial charge in [-0.25, -0.2) is 10.8 Å². The van der Waals surface area contributed by atoms with Crippen LogP contribution >= 0.6 is 0 Å². The number of hydrogen-bond acceptors (Lipinski definition) is 3. The molecular weight excluding hydrogens is 204 g/mol. The second kappa shape index (κ2) is 6.12. The fourth-order valence-corrected chi connectivity index (χ4v) is 1.31. The molecule has 0 spiro atoms.